The van der Waals surface area contributed by atoms with Crippen molar-refractivity contribution in [1.82, 2.24) is 5.32 Å². The highest BCUT2D eigenvalue weighted by molar-refractivity contribution is 5.83. The lowest BCUT2D eigenvalue weighted by Crippen LogP contribution is -2.48. The Labute approximate surface area is 117 Å². The summed E-state index contributed by atoms with van der Waals surface area (Å²) in [5, 5.41) is 3.22. The van der Waals surface area contributed by atoms with Crippen LogP contribution in [0.3, 0.4) is 0 Å². The van der Waals surface area contributed by atoms with E-state index in [2.05, 4.69) is 12.2 Å². The van der Waals surface area contributed by atoms with E-state index in [1.807, 2.05) is 0 Å². The van der Waals surface area contributed by atoms with Gasteiger partial charge in [0, 0.05) is 13.1 Å². The summed E-state index contributed by atoms with van der Waals surface area (Å²) in [6.07, 6.45) is 10.8. The highest BCUT2D eigenvalue weighted by Crippen LogP contribution is 2.36. The Morgan fingerprint density at radius 2 is 1.95 bits per heavy atom. The summed E-state index contributed by atoms with van der Waals surface area (Å²) in [6, 6.07) is 0. The van der Waals surface area contributed by atoms with Crippen molar-refractivity contribution in [2.24, 2.45) is 23.0 Å². The van der Waals surface area contributed by atoms with Gasteiger partial charge < -0.3 is 11.1 Å². The van der Waals surface area contributed by atoms with Crippen molar-refractivity contribution < 1.29 is 4.79 Å². The van der Waals surface area contributed by atoms with Crippen LogP contribution >= 0.6 is 0 Å². The van der Waals surface area contributed by atoms with Gasteiger partial charge in [-0.15, -0.1) is 0 Å². The monoisotopic (exact) mass is 266 g/mol. The van der Waals surface area contributed by atoms with Crippen molar-refractivity contribution in [3.8, 4) is 0 Å². The van der Waals surface area contributed by atoms with Gasteiger partial charge in [-0.2, -0.15) is 0 Å². The fraction of sp³-hybridized carbons (Fsp3) is 0.938. The summed E-state index contributed by atoms with van der Waals surface area (Å²) >= 11 is 0. The maximum Gasteiger partial charge on any atom is 0.227 e. The van der Waals surface area contributed by atoms with Gasteiger partial charge in [0.1, 0.15) is 0 Å². The van der Waals surface area contributed by atoms with E-state index in [0.29, 0.717) is 12.5 Å². The Bertz CT molecular complexity index is 297. The molecule has 0 aromatic rings. The first-order valence-electron chi connectivity index (χ1n) is 8.15. The molecule has 0 aliphatic heterocycles. The highest BCUT2D eigenvalue weighted by Gasteiger charge is 2.38. The zero-order valence-corrected chi connectivity index (χ0v) is 12.4. The third kappa shape index (κ3) is 3.71. The van der Waals surface area contributed by atoms with Crippen molar-refractivity contribution in [2.45, 2.75) is 64.7 Å². The van der Waals surface area contributed by atoms with Crippen LogP contribution in [-0.2, 0) is 4.79 Å². The Morgan fingerprint density at radius 3 is 2.58 bits per heavy atom. The second-order valence-corrected chi connectivity index (χ2v) is 6.89. The first-order chi connectivity index (χ1) is 9.16. The molecule has 2 saturated carbocycles. The molecule has 2 unspecified atom stereocenters. The normalized spacial score (nSPS) is 30.8. The van der Waals surface area contributed by atoms with Gasteiger partial charge >= 0.3 is 0 Å². The summed E-state index contributed by atoms with van der Waals surface area (Å²) < 4.78 is 0. The van der Waals surface area contributed by atoms with Crippen LogP contribution in [0.25, 0.3) is 0 Å². The third-order valence-corrected chi connectivity index (χ3v) is 5.28. The molecule has 0 heterocycles. The second kappa shape index (κ2) is 6.74. The Kier molecular flexibility index (Phi) is 5.26. The zero-order valence-electron chi connectivity index (χ0n) is 12.4. The molecular weight excluding hydrogens is 236 g/mol. The number of nitrogens with two attached hydrogens (primary N) is 1. The average Bonchev–Trinajstić information content (AvgIpc) is 2.45. The van der Waals surface area contributed by atoms with Crippen molar-refractivity contribution in [3.05, 3.63) is 0 Å². The molecule has 2 aliphatic carbocycles. The van der Waals surface area contributed by atoms with Crippen LogP contribution in [0.5, 0.6) is 0 Å². The number of nitrogens with one attached hydrogen (secondary N) is 1. The topological polar surface area (TPSA) is 55.1 Å². The van der Waals surface area contributed by atoms with Crippen LogP contribution in [0.15, 0.2) is 0 Å². The second-order valence-electron chi connectivity index (χ2n) is 6.89. The SMILES string of the molecule is CC1CCCC(CNC(=O)C2(CN)CCCCC2)C1. The van der Waals surface area contributed by atoms with Gasteiger partial charge in [-0.25, -0.2) is 0 Å². The van der Waals surface area contributed by atoms with E-state index in [1.54, 1.807) is 0 Å². The standard InChI is InChI=1S/C16H30N2O/c1-13-6-5-7-14(10-13)11-18-15(19)16(12-17)8-3-2-4-9-16/h13-14H,2-12,17H2,1H3,(H,18,19). The fourth-order valence-electron chi connectivity index (χ4n) is 3.92. The number of carbonyl (C=O) groups is 1. The molecule has 19 heavy (non-hydrogen) atoms. The maximum atomic E-state index is 12.5. The van der Waals surface area contributed by atoms with Gasteiger partial charge in [-0.1, -0.05) is 39.0 Å². The lowest BCUT2D eigenvalue weighted by molar-refractivity contribution is -0.132. The highest BCUT2D eigenvalue weighted by atomic mass is 16.2. The first-order valence-corrected chi connectivity index (χ1v) is 8.15. The van der Waals surface area contributed by atoms with E-state index in [-0.39, 0.29) is 11.3 Å². The fourth-order valence-corrected chi connectivity index (χ4v) is 3.92. The molecule has 3 heteroatoms. The van der Waals surface area contributed by atoms with Crippen LogP contribution in [-0.4, -0.2) is 19.0 Å². The summed E-state index contributed by atoms with van der Waals surface area (Å²) in [5.74, 6) is 1.74. The van der Waals surface area contributed by atoms with E-state index in [1.165, 1.54) is 32.1 Å². The lowest BCUT2D eigenvalue weighted by Gasteiger charge is -2.35. The minimum atomic E-state index is -0.251. The van der Waals surface area contributed by atoms with Gasteiger partial charge in [0.2, 0.25) is 5.91 Å². The zero-order chi connectivity index (χ0) is 13.7. The van der Waals surface area contributed by atoms with Gasteiger partial charge in [0.25, 0.3) is 0 Å². The van der Waals surface area contributed by atoms with E-state index in [9.17, 15) is 4.79 Å². The van der Waals surface area contributed by atoms with Gasteiger partial charge in [0.15, 0.2) is 0 Å². The number of carbonyl (C=O) groups excluding carboxylic acids is 1. The van der Waals surface area contributed by atoms with Crippen molar-refractivity contribution in [2.75, 3.05) is 13.1 Å². The molecule has 0 aromatic carbocycles. The van der Waals surface area contributed by atoms with Crippen LogP contribution in [0, 0.1) is 17.3 Å². The average molecular weight is 266 g/mol. The van der Waals surface area contributed by atoms with Crippen LogP contribution in [0.4, 0.5) is 0 Å². The molecule has 2 atom stereocenters. The van der Waals surface area contributed by atoms with E-state index >= 15 is 0 Å². The molecule has 2 rings (SSSR count). The van der Waals surface area contributed by atoms with Gasteiger partial charge in [0.05, 0.1) is 5.41 Å². The Balaban J connectivity index is 1.82. The predicted molar refractivity (Wildman–Crippen MR) is 78.7 cm³/mol. The largest absolute Gasteiger partial charge is 0.355 e. The summed E-state index contributed by atoms with van der Waals surface area (Å²) in [6.45, 7) is 3.71. The van der Waals surface area contributed by atoms with E-state index in [4.69, 9.17) is 5.73 Å². The molecule has 2 fully saturated rings. The molecule has 0 aromatic heterocycles. The first kappa shape index (κ1) is 14.8. The molecule has 2 aliphatic rings. The lowest BCUT2D eigenvalue weighted by atomic mass is 9.73. The molecule has 3 N–H and O–H groups in total. The summed E-state index contributed by atoms with van der Waals surface area (Å²) in [5.41, 5.74) is 5.66. The van der Waals surface area contributed by atoms with Crippen molar-refractivity contribution >= 4 is 5.91 Å². The molecule has 0 bridgehead atoms. The smallest absolute Gasteiger partial charge is 0.227 e. The molecule has 0 radical (unpaired) electrons. The quantitative estimate of drug-likeness (QED) is 0.822. The van der Waals surface area contributed by atoms with Crippen LogP contribution in [0.2, 0.25) is 0 Å². The predicted octanol–water partition coefficient (Wildman–Crippen LogP) is 2.84. The van der Waals surface area contributed by atoms with E-state index in [0.717, 1.165) is 38.1 Å². The molecule has 0 spiro atoms. The molecule has 110 valence electrons. The molecule has 3 nitrogen and oxygen atoms in total. The van der Waals surface area contributed by atoms with E-state index < -0.39 is 0 Å². The minimum Gasteiger partial charge on any atom is -0.355 e. The Hall–Kier alpha value is -0.570. The Morgan fingerprint density at radius 1 is 1.21 bits per heavy atom. The number of hydrogen-bond donors (Lipinski definition) is 2. The number of amides is 1. The maximum absolute atomic E-state index is 12.5. The third-order valence-electron chi connectivity index (χ3n) is 5.28. The van der Waals surface area contributed by atoms with Crippen LogP contribution in [0.1, 0.15) is 64.7 Å². The summed E-state index contributed by atoms with van der Waals surface area (Å²) in [4.78, 5) is 12.5. The van der Waals surface area contributed by atoms with Gasteiger partial charge in [-0.05, 0) is 37.5 Å². The molecular formula is C16H30N2O. The van der Waals surface area contributed by atoms with Gasteiger partial charge in [-0.3, -0.25) is 4.79 Å². The number of rotatable bonds is 4. The van der Waals surface area contributed by atoms with Crippen molar-refractivity contribution in [3.63, 3.8) is 0 Å². The molecule has 0 saturated heterocycles. The number of hydrogen-bond acceptors (Lipinski definition) is 2. The molecule has 1 amide bonds. The minimum absolute atomic E-state index is 0.230. The van der Waals surface area contributed by atoms with Crippen molar-refractivity contribution in [1.29, 1.82) is 0 Å². The summed E-state index contributed by atoms with van der Waals surface area (Å²) in [7, 11) is 0. The van der Waals surface area contributed by atoms with Crippen LogP contribution < -0.4 is 11.1 Å².